The van der Waals surface area contributed by atoms with Gasteiger partial charge in [0.25, 0.3) is 0 Å². The number of anilines is 1. The van der Waals surface area contributed by atoms with Crippen molar-refractivity contribution in [2.45, 2.75) is 23.3 Å². The summed E-state index contributed by atoms with van der Waals surface area (Å²) < 4.78 is 22.8. The van der Waals surface area contributed by atoms with Gasteiger partial charge in [0.1, 0.15) is 0 Å². The Morgan fingerprint density at radius 3 is 2.80 bits per heavy atom. The van der Waals surface area contributed by atoms with Crippen LogP contribution in [0.15, 0.2) is 35.2 Å². The summed E-state index contributed by atoms with van der Waals surface area (Å²) in [6.45, 7) is 0. The minimum atomic E-state index is -3.78. The van der Waals surface area contributed by atoms with Crippen LogP contribution in [-0.4, -0.2) is 20.4 Å². The molecular formula is C13H13N2O4S-. The first-order chi connectivity index (χ1) is 9.38. The normalized spacial score (nSPS) is 27.6. The highest BCUT2D eigenvalue weighted by Crippen LogP contribution is 2.44. The van der Waals surface area contributed by atoms with E-state index in [2.05, 4.69) is 5.32 Å². The number of aliphatic carboxylic acids is 1. The molecule has 3 N–H and O–H groups in total. The maximum Gasteiger partial charge on any atom is 0.238 e. The Labute approximate surface area is 116 Å². The zero-order valence-electron chi connectivity index (χ0n) is 10.4. The van der Waals surface area contributed by atoms with Gasteiger partial charge in [-0.3, -0.25) is 0 Å². The third kappa shape index (κ3) is 1.99. The molecule has 0 saturated carbocycles. The summed E-state index contributed by atoms with van der Waals surface area (Å²) in [5, 5.41) is 19.3. The average molecular weight is 293 g/mol. The largest absolute Gasteiger partial charge is 0.548 e. The number of carbonyl (C=O) groups is 1. The number of rotatable bonds is 2. The number of carbonyl (C=O) groups excluding carboxylic acids is 1. The molecule has 1 aliphatic heterocycles. The summed E-state index contributed by atoms with van der Waals surface area (Å²) in [4.78, 5) is 11.2. The number of nitrogens with two attached hydrogens (primary N) is 1. The predicted molar refractivity (Wildman–Crippen MR) is 70.2 cm³/mol. The van der Waals surface area contributed by atoms with E-state index < -0.39 is 22.0 Å². The molecular weight excluding hydrogens is 280 g/mol. The first-order valence-corrected chi connectivity index (χ1v) is 7.73. The third-order valence-electron chi connectivity index (χ3n) is 3.92. The smallest absolute Gasteiger partial charge is 0.238 e. The minimum absolute atomic E-state index is 0.0315. The lowest BCUT2D eigenvalue weighted by atomic mass is 9.79. The Morgan fingerprint density at radius 1 is 1.40 bits per heavy atom. The Bertz CT molecular complexity index is 711. The molecule has 20 heavy (non-hydrogen) atoms. The molecule has 3 rings (SSSR count). The molecule has 1 aliphatic carbocycles. The van der Waals surface area contributed by atoms with Crippen molar-refractivity contribution in [3.05, 3.63) is 35.9 Å². The van der Waals surface area contributed by atoms with Crippen LogP contribution in [0.1, 0.15) is 17.9 Å². The van der Waals surface area contributed by atoms with E-state index in [1.807, 2.05) is 12.2 Å². The SMILES string of the molecule is NS(=O)(=O)c1ccc2c(c1)[C@@H]1C=CC[C@@H]1[C@H](C(=O)[O-])N2. The molecule has 2 aliphatic rings. The van der Waals surface area contributed by atoms with Crippen molar-refractivity contribution in [2.75, 3.05) is 5.32 Å². The molecule has 0 unspecified atom stereocenters. The van der Waals surface area contributed by atoms with E-state index in [-0.39, 0.29) is 16.7 Å². The molecule has 0 spiro atoms. The Kier molecular flexibility index (Phi) is 2.84. The topological polar surface area (TPSA) is 112 Å². The number of benzene rings is 1. The van der Waals surface area contributed by atoms with Crippen LogP contribution in [0.2, 0.25) is 0 Å². The van der Waals surface area contributed by atoms with Gasteiger partial charge in [-0.15, -0.1) is 0 Å². The monoisotopic (exact) mass is 293 g/mol. The molecule has 0 aromatic heterocycles. The molecule has 1 aromatic carbocycles. The molecule has 1 aromatic rings. The summed E-state index contributed by atoms with van der Waals surface area (Å²) in [7, 11) is -3.78. The van der Waals surface area contributed by atoms with E-state index in [0.29, 0.717) is 12.1 Å². The first-order valence-electron chi connectivity index (χ1n) is 6.19. The van der Waals surface area contributed by atoms with Crippen LogP contribution in [0.4, 0.5) is 5.69 Å². The molecule has 0 amide bonds. The molecule has 106 valence electrons. The molecule has 0 saturated heterocycles. The van der Waals surface area contributed by atoms with Gasteiger partial charge in [0.15, 0.2) is 0 Å². The zero-order valence-corrected chi connectivity index (χ0v) is 11.3. The van der Waals surface area contributed by atoms with E-state index in [0.717, 1.165) is 5.56 Å². The second-order valence-electron chi connectivity index (χ2n) is 5.09. The predicted octanol–water partition coefficient (Wildman–Crippen LogP) is -0.462. The van der Waals surface area contributed by atoms with Crippen molar-refractivity contribution in [2.24, 2.45) is 11.1 Å². The average Bonchev–Trinajstić information content (AvgIpc) is 2.85. The van der Waals surface area contributed by atoms with E-state index in [4.69, 9.17) is 5.14 Å². The van der Waals surface area contributed by atoms with Crippen molar-refractivity contribution in [1.82, 2.24) is 0 Å². The first kappa shape index (κ1) is 13.1. The van der Waals surface area contributed by atoms with Gasteiger partial charge in [0.05, 0.1) is 16.9 Å². The van der Waals surface area contributed by atoms with Gasteiger partial charge in [0, 0.05) is 11.6 Å². The number of fused-ring (bicyclic) bond motifs is 3. The molecule has 0 bridgehead atoms. The number of carboxylic acids is 1. The molecule has 0 radical (unpaired) electrons. The number of allylic oxidation sites excluding steroid dienone is 2. The number of hydrogen-bond donors (Lipinski definition) is 2. The fourth-order valence-corrected chi connectivity index (χ4v) is 3.53. The standard InChI is InChI=1S/C13H14N2O4S/c14-20(18,19)7-4-5-11-10(6-7)8-2-1-3-9(8)12(15-11)13(16)17/h1-2,4-6,8-9,12,15H,3H2,(H,16,17)(H2,14,18,19)/p-1/t8-,9+,12-/m1/s1. The second-order valence-corrected chi connectivity index (χ2v) is 6.65. The fraction of sp³-hybridized carbons (Fsp3) is 0.308. The number of carboxylic acid groups (broad SMARTS) is 1. The summed E-state index contributed by atoms with van der Waals surface area (Å²) in [6.07, 6.45) is 4.44. The highest BCUT2D eigenvalue weighted by molar-refractivity contribution is 7.89. The van der Waals surface area contributed by atoms with E-state index in [9.17, 15) is 18.3 Å². The maximum absolute atomic E-state index is 11.4. The van der Waals surface area contributed by atoms with Crippen molar-refractivity contribution in [3.8, 4) is 0 Å². The van der Waals surface area contributed by atoms with E-state index in [1.165, 1.54) is 12.1 Å². The Balaban J connectivity index is 2.11. The quantitative estimate of drug-likeness (QED) is 0.716. The van der Waals surface area contributed by atoms with Crippen molar-refractivity contribution in [1.29, 1.82) is 0 Å². The summed E-state index contributed by atoms with van der Waals surface area (Å²) in [5.74, 6) is -1.44. The second kappa shape index (κ2) is 4.32. The summed E-state index contributed by atoms with van der Waals surface area (Å²) >= 11 is 0. The van der Waals surface area contributed by atoms with Gasteiger partial charge in [0.2, 0.25) is 10.0 Å². The van der Waals surface area contributed by atoms with Gasteiger partial charge in [-0.1, -0.05) is 12.2 Å². The van der Waals surface area contributed by atoms with Crippen LogP contribution in [0, 0.1) is 5.92 Å². The van der Waals surface area contributed by atoms with Gasteiger partial charge in [-0.05, 0) is 36.1 Å². The Morgan fingerprint density at radius 2 is 2.15 bits per heavy atom. The summed E-state index contributed by atoms with van der Waals surface area (Å²) in [5.41, 5.74) is 1.37. The van der Waals surface area contributed by atoms with E-state index in [1.54, 1.807) is 6.07 Å². The number of nitrogens with one attached hydrogen (secondary N) is 1. The van der Waals surface area contributed by atoms with Crippen LogP contribution in [0.25, 0.3) is 0 Å². The number of primary sulfonamides is 1. The van der Waals surface area contributed by atoms with Crippen molar-refractivity contribution in [3.63, 3.8) is 0 Å². The lowest BCUT2D eigenvalue weighted by molar-refractivity contribution is -0.308. The van der Waals surface area contributed by atoms with Crippen molar-refractivity contribution >= 4 is 21.7 Å². The molecule has 7 heteroatoms. The fourth-order valence-electron chi connectivity index (χ4n) is 2.98. The third-order valence-corrected chi connectivity index (χ3v) is 4.83. The lowest BCUT2D eigenvalue weighted by Gasteiger charge is -2.37. The van der Waals surface area contributed by atoms with Gasteiger partial charge < -0.3 is 15.2 Å². The van der Waals surface area contributed by atoms with Crippen LogP contribution < -0.4 is 15.6 Å². The van der Waals surface area contributed by atoms with Crippen LogP contribution in [-0.2, 0) is 14.8 Å². The summed E-state index contributed by atoms with van der Waals surface area (Å²) in [6, 6.07) is 3.65. The molecule has 3 atom stereocenters. The lowest BCUT2D eigenvalue weighted by Crippen LogP contribution is -2.48. The zero-order chi connectivity index (χ0) is 14.5. The van der Waals surface area contributed by atoms with Crippen LogP contribution in [0.3, 0.4) is 0 Å². The van der Waals surface area contributed by atoms with Gasteiger partial charge in [-0.25, -0.2) is 13.6 Å². The van der Waals surface area contributed by atoms with E-state index >= 15 is 0 Å². The van der Waals surface area contributed by atoms with Crippen molar-refractivity contribution < 1.29 is 18.3 Å². The van der Waals surface area contributed by atoms with Gasteiger partial charge >= 0.3 is 0 Å². The number of sulfonamides is 1. The van der Waals surface area contributed by atoms with Crippen LogP contribution >= 0.6 is 0 Å². The maximum atomic E-state index is 11.4. The molecule has 0 fully saturated rings. The van der Waals surface area contributed by atoms with Crippen LogP contribution in [0.5, 0.6) is 0 Å². The number of hydrogen-bond acceptors (Lipinski definition) is 5. The molecule has 1 heterocycles. The minimum Gasteiger partial charge on any atom is -0.548 e. The van der Waals surface area contributed by atoms with Gasteiger partial charge in [-0.2, -0.15) is 0 Å². The highest BCUT2D eigenvalue weighted by Gasteiger charge is 2.38. The highest BCUT2D eigenvalue weighted by atomic mass is 32.2. The Hall–Kier alpha value is -1.86. The molecule has 6 nitrogen and oxygen atoms in total.